The van der Waals surface area contributed by atoms with Gasteiger partial charge in [-0.2, -0.15) is 0 Å². The lowest BCUT2D eigenvalue weighted by Gasteiger charge is -2.05. The Kier molecular flexibility index (Phi) is 3.10. The summed E-state index contributed by atoms with van der Waals surface area (Å²) in [4.78, 5) is 24.6. The lowest BCUT2D eigenvalue weighted by molar-refractivity contribution is 0.625. The van der Waals surface area contributed by atoms with Crippen LogP contribution in [0.15, 0.2) is 40.1 Å². The molecule has 0 aliphatic rings. The molecule has 0 bridgehead atoms. The molecule has 0 radical (unpaired) electrons. The molecule has 4 nitrogen and oxygen atoms in total. The zero-order valence-corrected chi connectivity index (χ0v) is 9.37. The second-order valence-corrected chi connectivity index (χ2v) is 3.90. The maximum atomic E-state index is 12.7. The molecule has 88 valence electrons. The Morgan fingerprint density at radius 2 is 1.88 bits per heavy atom. The molecule has 0 aliphatic heterocycles. The van der Waals surface area contributed by atoms with Crippen molar-refractivity contribution in [3.05, 3.63) is 67.7 Å². The van der Waals surface area contributed by atoms with Crippen LogP contribution in [0.3, 0.4) is 0 Å². The van der Waals surface area contributed by atoms with Gasteiger partial charge in [-0.05, 0) is 17.7 Å². The zero-order valence-electron chi connectivity index (χ0n) is 8.61. The van der Waals surface area contributed by atoms with Crippen molar-refractivity contribution in [2.75, 3.05) is 0 Å². The fraction of sp³-hybridized carbons (Fsp3) is 0.0909. The van der Waals surface area contributed by atoms with E-state index in [9.17, 15) is 14.0 Å². The van der Waals surface area contributed by atoms with E-state index in [1.807, 2.05) is 0 Å². The Morgan fingerprint density at radius 1 is 1.24 bits per heavy atom. The van der Waals surface area contributed by atoms with Crippen LogP contribution in [0.5, 0.6) is 0 Å². The third kappa shape index (κ3) is 2.62. The van der Waals surface area contributed by atoms with Gasteiger partial charge in [-0.25, -0.2) is 9.18 Å². The van der Waals surface area contributed by atoms with Crippen molar-refractivity contribution in [3.8, 4) is 0 Å². The number of benzene rings is 1. The monoisotopic (exact) mass is 254 g/mol. The third-order valence-corrected chi connectivity index (χ3v) is 2.50. The molecule has 1 N–H and O–H groups in total. The summed E-state index contributed by atoms with van der Waals surface area (Å²) in [5.41, 5.74) is -0.438. The summed E-state index contributed by atoms with van der Waals surface area (Å²) >= 11 is 5.61. The van der Waals surface area contributed by atoms with Gasteiger partial charge in [-0.1, -0.05) is 23.7 Å². The number of nitrogens with zero attached hydrogens (tertiary/aromatic N) is 1. The predicted octanol–water partition coefficient (Wildman–Crippen LogP) is 1.38. The average molecular weight is 255 g/mol. The molecule has 0 fully saturated rings. The first-order valence-corrected chi connectivity index (χ1v) is 5.18. The van der Waals surface area contributed by atoms with Crippen LogP contribution in [0.4, 0.5) is 4.39 Å². The van der Waals surface area contributed by atoms with Gasteiger partial charge < -0.3 is 0 Å². The summed E-state index contributed by atoms with van der Waals surface area (Å²) in [5.74, 6) is -0.347. The lowest BCUT2D eigenvalue weighted by Crippen LogP contribution is -2.29. The van der Waals surface area contributed by atoms with E-state index in [1.54, 1.807) is 12.1 Å². The van der Waals surface area contributed by atoms with Crippen LogP contribution in [-0.2, 0) is 6.54 Å². The van der Waals surface area contributed by atoms with Gasteiger partial charge in [0.2, 0.25) is 0 Å². The Hall–Kier alpha value is -1.88. The number of hydrogen-bond acceptors (Lipinski definition) is 2. The van der Waals surface area contributed by atoms with Crippen LogP contribution >= 0.6 is 11.6 Å². The first-order valence-electron chi connectivity index (χ1n) is 4.80. The van der Waals surface area contributed by atoms with Gasteiger partial charge in [0.15, 0.2) is 0 Å². The van der Waals surface area contributed by atoms with Crippen molar-refractivity contribution in [2.24, 2.45) is 0 Å². The SMILES string of the molecule is O=c1[nH]c(=O)n(Cc2ccc(F)cc2)cc1Cl. The predicted molar refractivity (Wildman–Crippen MR) is 61.8 cm³/mol. The summed E-state index contributed by atoms with van der Waals surface area (Å²) in [6.07, 6.45) is 1.26. The number of hydrogen-bond donors (Lipinski definition) is 1. The van der Waals surface area contributed by atoms with E-state index < -0.39 is 11.2 Å². The Balaban J connectivity index is 2.36. The molecule has 0 amide bonds. The first-order chi connectivity index (χ1) is 8.06. The van der Waals surface area contributed by atoms with Gasteiger partial charge in [0.05, 0.1) is 6.54 Å². The maximum Gasteiger partial charge on any atom is 0.328 e. The molecule has 1 aromatic carbocycles. The van der Waals surface area contributed by atoms with Crippen molar-refractivity contribution < 1.29 is 4.39 Å². The number of aromatic nitrogens is 2. The highest BCUT2D eigenvalue weighted by atomic mass is 35.5. The number of rotatable bonds is 2. The molecule has 2 rings (SSSR count). The van der Waals surface area contributed by atoms with Crippen LogP contribution < -0.4 is 11.2 Å². The van der Waals surface area contributed by atoms with Gasteiger partial charge in [0.1, 0.15) is 10.8 Å². The van der Waals surface area contributed by atoms with E-state index in [1.165, 1.54) is 22.9 Å². The molecule has 0 aliphatic carbocycles. The van der Waals surface area contributed by atoms with Crippen LogP contribution in [0, 0.1) is 5.82 Å². The second kappa shape index (κ2) is 4.55. The largest absolute Gasteiger partial charge is 0.328 e. The quantitative estimate of drug-likeness (QED) is 0.880. The third-order valence-electron chi connectivity index (χ3n) is 2.23. The van der Waals surface area contributed by atoms with Gasteiger partial charge in [-0.3, -0.25) is 14.3 Å². The molecule has 1 heterocycles. The van der Waals surface area contributed by atoms with E-state index in [0.717, 1.165) is 5.56 Å². The number of halogens is 2. The van der Waals surface area contributed by atoms with E-state index >= 15 is 0 Å². The highest BCUT2D eigenvalue weighted by Gasteiger charge is 2.03. The first kappa shape index (κ1) is 11.6. The smallest absolute Gasteiger partial charge is 0.295 e. The van der Waals surface area contributed by atoms with Crippen molar-refractivity contribution in [2.45, 2.75) is 6.54 Å². The maximum absolute atomic E-state index is 12.7. The minimum Gasteiger partial charge on any atom is -0.295 e. The lowest BCUT2D eigenvalue weighted by atomic mass is 10.2. The van der Waals surface area contributed by atoms with Crippen LogP contribution in [0.1, 0.15) is 5.56 Å². The summed E-state index contributed by atoms with van der Waals surface area (Å²) in [6, 6.07) is 5.71. The van der Waals surface area contributed by atoms with E-state index in [0.29, 0.717) is 0 Å². The summed E-state index contributed by atoms with van der Waals surface area (Å²) in [6.45, 7) is 0.218. The molecule has 17 heavy (non-hydrogen) atoms. The summed E-state index contributed by atoms with van der Waals surface area (Å²) < 4.78 is 13.9. The molecular formula is C11H8ClFN2O2. The van der Waals surface area contributed by atoms with Crippen LogP contribution in [-0.4, -0.2) is 9.55 Å². The van der Waals surface area contributed by atoms with Gasteiger partial charge in [0.25, 0.3) is 5.56 Å². The Bertz CT molecular complexity index is 646. The molecule has 1 aromatic heterocycles. The zero-order chi connectivity index (χ0) is 12.4. The van der Waals surface area contributed by atoms with Crippen LogP contribution in [0.25, 0.3) is 0 Å². The fourth-order valence-corrected chi connectivity index (χ4v) is 1.55. The molecule has 6 heteroatoms. The standard InChI is InChI=1S/C11H8ClFN2O2/c12-9-6-15(11(17)14-10(9)16)5-7-1-3-8(13)4-2-7/h1-4,6H,5H2,(H,14,16,17). The van der Waals surface area contributed by atoms with Crippen molar-refractivity contribution in [1.82, 2.24) is 9.55 Å². The molecule has 0 spiro atoms. The molecule has 0 saturated carbocycles. The summed E-state index contributed by atoms with van der Waals surface area (Å²) in [5, 5.41) is -0.0632. The van der Waals surface area contributed by atoms with Crippen molar-refractivity contribution in [3.63, 3.8) is 0 Å². The summed E-state index contributed by atoms with van der Waals surface area (Å²) in [7, 11) is 0. The van der Waals surface area contributed by atoms with Crippen LogP contribution in [0.2, 0.25) is 5.02 Å². The van der Waals surface area contributed by atoms with E-state index in [4.69, 9.17) is 11.6 Å². The minimum absolute atomic E-state index is 0.0632. The van der Waals surface area contributed by atoms with E-state index in [-0.39, 0.29) is 17.4 Å². The van der Waals surface area contributed by atoms with Gasteiger partial charge in [0, 0.05) is 6.20 Å². The van der Waals surface area contributed by atoms with Gasteiger partial charge in [-0.15, -0.1) is 0 Å². The minimum atomic E-state index is -0.618. The molecule has 0 unspecified atom stereocenters. The van der Waals surface area contributed by atoms with Crippen molar-refractivity contribution in [1.29, 1.82) is 0 Å². The topological polar surface area (TPSA) is 54.9 Å². The second-order valence-electron chi connectivity index (χ2n) is 3.49. The average Bonchev–Trinajstić information content (AvgIpc) is 2.29. The Morgan fingerprint density at radius 3 is 2.53 bits per heavy atom. The normalized spacial score (nSPS) is 10.5. The fourth-order valence-electron chi connectivity index (χ4n) is 1.39. The molecule has 2 aromatic rings. The number of aromatic amines is 1. The van der Waals surface area contributed by atoms with E-state index in [2.05, 4.69) is 4.98 Å². The molecular weight excluding hydrogens is 247 g/mol. The van der Waals surface area contributed by atoms with Crippen molar-refractivity contribution >= 4 is 11.6 Å². The highest BCUT2D eigenvalue weighted by Crippen LogP contribution is 2.04. The van der Waals surface area contributed by atoms with Gasteiger partial charge >= 0.3 is 5.69 Å². The number of H-pyrrole nitrogens is 1. The highest BCUT2D eigenvalue weighted by molar-refractivity contribution is 6.30. The molecule has 0 saturated heterocycles. The molecule has 0 atom stereocenters. The number of nitrogens with one attached hydrogen (secondary N) is 1. The Labute approximate surface area is 100 Å².